The fourth-order valence-electron chi connectivity index (χ4n) is 2.79. The average Bonchev–Trinajstić information content (AvgIpc) is 2.47. The molecule has 1 aromatic carbocycles. The molecule has 1 fully saturated rings. The van der Waals surface area contributed by atoms with Gasteiger partial charge in [0.15, 0.2) is 0 Å². The van der Waals surface area contributed by atoms with Crippen molar-refractivity contribution in [1.29, 1.82) is 0 Å². The summed E-state index contributed by atoms with van der Waals surface area (Å²) in [6.45, 7) is 0. The lowest BCUT2D eigenvalue weighted by atomic mass is 9.92. The minimum atomic E-state index is -0.766. The van der Waals surface area contributed by atoms with E-state index in [1.54, 1.807) is 0 Å². The first-order valence-corrected chi connectivity index (χ1v) is 6.57. The van der Waals surface area contributed by atoms with E-state index in [9.17, 15) is 4.79 Å². The summed E-state index contributed by atoms with van der Waals surface area (Å²) in [6.07, 6.45) is 6.28. The Bertz CT molecular complexity index is 607. The van der Waals surface area contributed by atoms with Crippen LogP contribution in [0.5, 0.6) is 0 Å². The Hall–Kier alpha value is -1.94. The zero-order chi connectivity index (χ0) is 13.2. The van der Waals surface area contributed by atoms with Gasteiger partial charge in [0, 0.05) is 23.8 Å². The number of nitrogens with one attached hydrogen (secondary N) is 1. The Morgan fingerprint density at radius 1 is 1.26 bits per heavy atom. The molecule has 2 heterocycles. The zero-order valence-electron chi connectivity index (χ0n) is 10.5. The first-order valence-electron chi connectivity index (χ1n) is 6.57. The van der Waals surface area contributed by atoms with E-state index in [-0.39, 0.29) is 6.04 Å². The molecule has 1 aliphatic heterocycles. The number of carboxylic acids is 1. The third-order valence-electron chi connectivity index (χ3n) is 3.76. The Balaban J connectivity index is 1.97. The van der Waals surface area contributed by atoms with Crippen LogP contribution >= 0.6 is 0 Å². The Morgan fingerprint density at radius 2 is 2.11 bits per heavy atom. The summed E-state index contributed by atoms with van der Waals surface area (Å²) in [5.74, 6) is -0.766. The minimum Gasteiger partial charge on any atom is -0.480 e. The highest BCUT2D eigenvalue weighted by Crippen LogP contribution is 2.30. The number of pyridine rings is 1. The van der Waals surface area contributed by atoms with E-state index in [1.807, 2.05) is 30.6 Å². The summed E-state index contributed by atoms with van der Waals surface area (Å²) < 4.78 is 0. The highest BCUT2D eigenvalue weighted by Gasteiger charge is 2.27. The molecule has 1 saturated heterocycles. The lowest BCUT2D eigenvalue weighted by Gasteiger charge is -2.29. The Kier molecular flexibility index (Phi) is 3.17. The van der Waals surface area contributed by atoms with Crippen LogP contribution in [0.15, 0.2) is 36.7 Å². The van der Waals surface area contributed by atoms with Crippen molar-refractivity contribution in [2.75, 3.05) is 0 Å². The van der Waals surface area contributed by atoms with Crippen LogP contribution in [0.3, 0.4) is 0 Å². The second kappa shape index (κ2) is 4.97. The number of hydrogen-bond acceptors (Lipinski definition) is 3. The molecule has 4 heteroatoms. The van der Waals surface area contributed by atoms with Crippen molar-refractivity contribution in [2.24, 2.45) is 0 Å². The first-order chi connectivity index (χ1) is 9.25. The predicted octanol–water partition coefficient (Wildman–Crippen LogP) is 2.50. The number of carbonyl (C=O) groups is 1. The number of piperidine rings is 1. The molecule has 19 heavy (non-hydrogen) atoms. The molecule has 0 bridgehead atoms. The highest BCUT2D eigenvalue weighted by molar-refractivity contribution is 5.85. The van der Waals surface area contributed by atoms with Crippen molar-refractivity contribution in [3.05, 3.63) is 42.2 Å². The van der Waals surface area contributed by atoms with Crippen molar-refractivity contribution < 1.29 is 9.90 Å². The normalized spacial score (nSPS) is 23.4. The largest absolute Gasteiger partial charge is 0.480 e. The van der Waals surface area contributed by atoms with Crippen LogP contribution in [0.25, 0.3) is 10.8 Å². The monoisotopic (exact) mass is 256 g/mol. The van der Waals surface area contributed by atoms with E-state index in [0.717, 1.165) is 29.2 Å². The molecular weight excluding hydrogens is 240 g/mol. The van der Waals surface area contributed by atoms with E-state index in [2.05, 4.69) is 16.4 Å². The predicted molar refractivity (Wildman–Crippen MR) is 72.9 cm³/mol. The molecule has 1 aromatic heterocycles. The summed E-state index contributed by atoms with van der Waals surface area (Å²) in [6, 6.07) is 7.72. The van der Waals surface area contributed by atoms with Crippen molar-refractivity contribution in [2.45, 2.75) is 31.3 Å². The van der Waals surface area contributed by atoms with Gasteiger partial charge in [-0.15, -0.1) is 0 Å². The van der Waals surface area contributed by atoms with Crippen LogP contribution < -0.4 is 5.32 Å². The zero-order valence-corrected chi connectivity index (χ0v) is 10.5. The van der Waals surface area contributed by atoms with Crippen molar-refractivity contribution >= 4 is 16.7 Å². The van der Waals surface area contributed by atoms with Crippen LogP contribution in [0, 0.1) is 0 Å². The van der Waals surface area contributed by atoms with Crippen molar-refractivity contribution in [1.82, 2.24) is 10.3 Å². The lowest BCUT2D eigenvalue weighted by molar-refractivity contribution is -0.140. The van der Waals surface area contributed by atoms with Gasteiger partial charge in [0.05, 0.1) is 0 Å². The van der Waals surface area contributed by atoms with Gasteiger partial charge in [-0.25, -0.2) is 0 Å². The molecule has 98 valence electrons. The van der Waals surface area contributed by atoms with Gasteiger partial charge in [-0.05, 0) is 30.2 Å². The summed E-state index contributed by atoms with van der Waals surface area (Å²) >= 11 is 0. The maximum Gasteiger partial charge on any atom is 0.320 e. The number of aliphatic carboxylic acids is 1. The van der Waals surface area contributed by atoms with Gasteiger partial charge >= 0.3 is 5.97 Å². The number of benzene rings is 1. The Labute approximate surface area is 111 Å². The SMILES string of the molecule is O=C(O)C1CCCC(c2cncc3ccccc23)N1. The van der Waals surface area contributed by atoms with E-state index >= 15 is 0 Å². The number of fused-ring (bicyclic) bond motifs is 1. The molecule has 1 aliphatic rings. The quantitative estimate of drug-likeness (QED) is 0.866. The molecule has 2 aromatic rings. The number of hydrogen-bond donors (Lipinski definition) is 2. The molecule has 2 atom stereocenters. The van der Waals surface area contributed by atoms with E-state index in [4.69, 9.17) is 5.11 Å². The molecule has 0 saturated carbocycles. The van der Waals surface area contributed by atoms with E-state index in [1.165, 1.54) is 0 Å². The highest BCUT2D eigenvalue weighted by atomic mass is 16.4. The molecule has 2 unspecified atom stereocenters. The molecule has 0 aliphatic carbocycles. The van der Waals surface area contributed by atoms with Crippen LogP contribution in [0.4, 0.5) is 0 Å². The van der Waals surface area contributed by atoms with Crippen LogP contribution in [0.2, 0.25) is 0 Å². The van der Waals surface area contributed by atoms with Gasteiger partial charge in [-0.2, -0.15) is 0 Å². The molecular formula is C15H16N2O2. The van der Waals surface area contributed by atoms with Crippen molar-refractivity contribution in [3.8, 4) is 0 Å². The summed E-state index contributed by atoms with van der Waals surface area (Å²) in [5.41, 5.74) is 1.10. The second-order valence-electron chi connectivity index (χ2n) is 4.99. The fourth-order valence-corrected chi connectivity index (χ4v) is 2.79. The molecule has 4 nitrogen and oxygen atoms in total. The standard InChI is InChI=1S/C15H16N2O2/c18-15(19)14-7-3-6-13(17-14)12-9-16-8-10-4-1-2-5-11(10)12/h1-2,4-5,8-9,13-14,17H,3,6-7H2,(H,18,19). The maximum absolute atomic E-state index is 11.1. The number of rotatable bonds is 2. The average molecular weight is 256 g/mol. The van der Waals surface area contributed by atoms with Gasteiger partial charge in [0.25, 0.3) is 0 Å². The molecule has 3 rings (SSSR count). The van der Waals surface area contributed by atoms with Crippen LogP contribution in [-0.4, -0.2) is 22.1 Å². The number of carboxylic acid groups (broad SMARTS) is 1. The minimum absolute atomic E-state index is 0.0773. The summed E-state index contributed by atoms with van der Waals surface area (Å²) in [4.78, 5) is 15.4. The number of aromatic nitrogens is 1. The van der Waals surface area contributed by atoms with E-state index < -0.39 is 12.0 Å². The Morgan fingerprint density at radius 3 is 2.95 bits per heavy atom. The van der Waals surface area contributed by atoms with Gasteiger partial charge < -0.3 is 5.11 Å². The number of nitrogens with zero attached hydrogens (tertiary/aromatic N) is 1. The van der Waals surface area contributed by atoms with Gasteiger partial charge in [-0.1, -0.05) is 24.3 Å². The third kappa shape index (κ3) is 2.31. The smallest absolute Gasteiger partial charge is 0.320 e. The lowest BCUT2D eigenvalue weighted by Crippen LogP contribution is -2.42. The molecule has 0 amide bonds. The van der Waals surface area contributed by atoms with Gasteiger partial charge in [0.1, 0.15) is 6.04 Å². The van der Waals surface area contributed by atoms with Gasteiger partial charge in [-0.3, -0.25) is 15.1 Å². The van der Waals surface area contributed by atoms with Crippen LogP contribution in [-0.2, 0) is 4.79 Å². The first kappa shape index (κ1) is 12.1. The van der Waals surface area contributed by atoms with Gasteiger partial charge in [0.2, 0.25) is 0 Å². The summed E-state index contributed by atoms with van der Waals surface area (Å²) in [7, 11) is 0. The van der Waals surface area contributed by atoms with Crippen LogP contribution in [0.1, 0.15) is 30.9 Å². The maximum atomic E-state index is 11.1. The summed E-state index contributed by atoms with van der Waals surface area (Å²) in [5, 5.41) is 14.6. The fraction of sp³-hybridized carbons (Fsp3) is 0.333. The van der Waals surface area contributed by atoms with E-state index in [0.29, 0.717) is 6.42 Å². The topological polar surface area (TPSA) is 62.2 Å². The van der Waals surface area contributed by atoms with Crippen molar-refractivity contribution in [3.63, 3.8) is 0 Å². The second-order valence-corrected chi connectivity index (χ2v) is 4.99. The molecule has 0 radical (unpaired) electrons. The third-order valence-corrected chi connectivity index (χ3v) is 3.76. The molecule has 0 spiro atoms. The molecule has 2 N–H and O–H groups in total.